The van der Waals surface area contributed by atoms with Crippen molar-refractivity contribution in [1.29, 1.82) is 0 Å². The van der Waals surface area contributed by atoms with Crippen LogP contribution in [0.25, 0.3) is 0 Å². The summed E-state index contributed by atoms with van der Waals surface area (Å²) in [6, 6.07) is 4.81. The zero-order chi connectivity index (χ0) is 14.0. The number of hydrogen-bond donors (Lipinski definition) is 2. The van der Waals surface area contributed by atoms with Crippen molar-refractivity contribution in [3.63, 3.8) is 0 Å². The molecule has 1 aliphatic heterocycles. The van der Waals surface area contributed by atoms with E-state index in [0.29, 0.717) is 5.56 Å². The van der Waals surface area contributed by atoms with Crippen LogP contribution in [0.1, 0.15) is 36.5 Å². The Morgan fingerprint density at radius 3 is 2.74 bits per heavy atom. The number of carbonyl (C=O) groups is 1. The standard InChI is InChI=1S/C13H17BClNO3/c1-9-4-2-3-7-16(9)13(17)10-5-6-11(14(18)19)12(15)8-10/h5-6,8-9,18-19H,2-4,7H2,1H3/t9-/m0/s1. The van der Waals surface area contributed by atoms with E-state index in [1.54, 1.807) is 6.07 Å². The number of halogens is 1. The highest BCUT2D eigenvalue weighted by molar-refractivity contribution is 6.62. The Labute approximate surface area is 118 Å². The number of piperidine rings is 1. The SMILES string of the molecule is C[C@H]1CCCCN1C(=O)c1ccc(B(O)O)c(Cl)c1. The van der Waals surface area contributed by atoms with Gasteiger partial charge in [0.25, 0.3) is 5.91 Å². The molecular formula is C13H17BClNO3. The Hall–Kier alpha value is -1.04. The van der Waals surface area contributed by atoms with Crippen molar-refractivity contribution in [1.82, 2.24) is 4.90 Å². The van der Waals surface area contributed by atoms with E-state index in [0.717, 1.165) is 25.8 Å². The first-order valence-electron chi connectivity index (χ1n) is 6.47. The molecule has 6 heteroatoms. The fourth-order valence-electron chi connectivity index (χ4n) is 2.44. The smallest absolute Gasteiger partial charge is 0.423 e. The van der Waals surface area contributed by atoms with Crippen LogP contribution in [0.15, 0.2) is 18.2 Å². The van der Waals surface area contributed by atoms with E-state index in [1.807, 2.05) is 11.8 Å². The van der Waals surface area contributed by atoms with Crippen molar-refractivity contribution in [3.8, 4) is 0 Å². The minimum Gasteiger partial charge on any atom is -0.423 e. The van der Waals surface area contributed by atoms with Crippen molar-refractivity contribution in [2.75, 3.05) is 6.54 Å². The molecule has 1 saturated heterocycles. The molecule has 0 unspecified atom stereocenters. The van der Waals surface area contributed by atoms with E-state index in [1.165, 1.54) is 12.1 Å². The summed E-state index contributed by atoms with van der Waals surface area (Å²) >= 11 is 5.95. The molecule has 2 rings (SSSR count). The van der Waals surface area contributed by atoms with Gasteiger partial charge in [-0.05, 0) is 38.3 Å². The lowest BCUT2D eigenvalue weighted by atomic mass is 9.80. The third-order valence-electron chi connectivity index (χ3n) is 3.59. The third-order valence-corrected chi connectivity index (χ3v) is 3.92. The number of amides is 1. The molecule has 2 N–H and O–H groups in total. The van der Waals surface area contributed by atoms with Crippen molar-refractivity contribution >= 4 is 30.1 Å². The van der Waals surface area contributed by atoms with Gasteiger partial charge in [0.2, 0.25) is 0 Å². The van der Waals surface area contributed by atoms with Crippen LogP contribution in [0.3, 0.4) is 0 Å². The van der Waals surface area contributed by atoms with E-state index in [2.05, 4.69) is 0 Å². The molecule has 1 amide bonds. The summed E-state index contributed by atoms with van der Waals surface area (Å²) in [5.74, 6) is -0.0481. The number of hydrogen-bond acceptors (Lipinski definition) is 3. The Bertz CT molecular complexity index is 481. The van der Waals surface area contributed by atoms with Crippen LogP contribution >= 0.6 is 11.6 Å². The zero-order valence-electron chi connectivity index (χ0n) is 10.8. The summed E-state index contributed by atoms with van der Waals surface area (Å²) in [6.07, 6.45) is 3.20. The first-order chi connectivity index (χ1) is 9.00. The number of nitrogens with zero attached hydrogens (tertiary/aromatic N) is 1. The molecule has 0 aromatic heterocycles. The van der Waals surface area contributed by atoms with Gasteiger partial charge >= 0.3 is 7.12 Å². The highest BCUT2D eigenvalue weighted by atomic mass is 35.5. The number of likely N-dealkylation sites (tertiary alicyclic amines) is 1. The molecule has 1 fully saturated rings. The summed E-state index contributed by atoms with van der Waals surface area (Å²) in [5, 5.41) is 18.4. The molecule has 1 aromatic carbocycles. The molecule has 0 spiro atoms. The van der Waals surface area contributed by atoms with Crippen LogP contribution in [0.4, 0.5) is 0 Å². The van der Waals surface area contributed by atoms with Gasteiger partial charge < -0.3 is 14.9 Å². The average Bonchev–Trinajstić information content (AvgIpc) is 2.38. The van der Waals surface area contributed by atoms with E-state index in [9.17, 15) is 4.79 Å². The minimum atomic E-state index is -1.62. The van der Waals surface area contributed by atoms with Crippen LogP contribution in [-0.2, 0) is 0 Å². The first-order valence-corrected chi connectivity index (χ1v) is 6.85. The normalized spacial score (nSPS) is 19.4. The highest BCUT2D eigenvalue weighted by Gasteiger charge is 2.25. The van der Waals surface area contributed by atoms with E-state index < -0.39 is 7.12 Å². The topological polar surface area (TPSA) is 60.8 Å². The lowest BCUT2D eigenvalue weighted by Crippen LogP contribution is -2.42. The quantitative estimate of drug-likeness (QED) is 0.796. The van der Waals surface area contributed by atoms with Crippen molar-refractivity contribution < 1.29 is 14.8 Å². The second-order valence-corrected chi connectivity index (χ2v) is 5.36. The lowest BCUT2D eigenvalue weighted by molar-refractivity contribution is 0.0635. The molecule has 1 heterocycles. The van der Waals surface area contributed by atoms with Crippen LogP contribution in [0.2, 0.25) is 5.02 Å². The molecule has 0 radical (unpaired) electrons. The van der Waals surface area contributed by atoms with Gasteiger partial charge in [-0.1, -0.05) is 17.7 Å². The maximum Gasteiger partial charge on any atom is 0.489 e. The van der Waals surface area contributed by atoms with Crippen molar-refractivity contribution in [2.45, 2.75) is 32.2 Å². The molecular weight excluding hydrogens is 264 g/mol. The predicted octanol–water partition coefficient (Wildman–Crippen LogP) is 1.03. The summed E-state index contributed by atoms with van der Waals surface area (Å²) < 4.78 is 0. The van der Waals surface area contributed by atoms with E-state index in [4.69, 9.17) is 21.6 Å². The second-order valence-electron chi connectivity index (χ2n) is 4.95. The predicted molar refractivity (Wildman–Crippen MR) is 75.6 cm³/mol. The Balaban J connectivity index is 2.22. The lowest BCUT2D eigenvalue weighted by Gasteiger charge is -2.33. The van der Waals surface area contributed by atoms with Gasteiger partial charge in [-0.25, -0.2) is 0 Å². The highest BCUT2D eigenvalue weighted by Crippen LogP contribution is 2.20. The maximum absolute atomic E-state index is 12.4. The van der Waals surface area contributed by atoms with E-state index >= 15 is 0 Å². The molecule has 0 saturated carbocycles. The first kappa shape index (κ1) is 14.4. The molecule has 1 aliphatic rings. The van der Waals surface area contributed by atoms with Crippen molar-refractivity contribution in [3.05, 3.63) is 28.8 Å². The molecule has 4 nitrogen and oxygen atoms in total. The fourth-order valence-corrected chi connectivity index (χ4v) is 2.71. The molecule has 1 aromatic rings. The molecule has 102 valence electrons. The molecule has 0 aliphatic carbocycles. The Kier molecular flexibility index (Phi) is 4.50. The zero-order valence-corrected chi connectivity index (χ0v) is 11.6. The van der Waals surface area contributed by atoms with Crippen molar-refractivity contribution in [2.24, 2.45) is 0 Å². The fraction of sp³-hybridized carbons (Fsp3) is 0.462. The minimum absolute atomic E-state index is 0.0481. The third kappa shape index (κ3) is 3.11. The Morgan fingerprint density at radius 2 is 2.16 bits per heavy atom. The maximum atomic E-state index is 12.4. The summed E-state index contributed by atoms with van der Waals surface area (Å²) in [6.45, 7) is 2.81. The number of carbonyl (C=O) groups excluding carboxylic acids is 1. The van der Waals surface area contributed by atoms with Gasteiger partial charge in [0, 0.05) is 28.6 Å². The summed E-state index contributed by atoms with van der Waals surface area (Å²) in [7, 11) is -1.62. The van der Waals surface area contributed by atoms with Gasteiger partial charge in [0.15, 0.2) is 0 Å². The van der Waals surface area contributed by atoms with Crippen LogP contribution in [0, 0.1) is 0 Å². The summed E-state index contributed by atoms with van der Waals surface area (Å²) in [5.41, 5.74) is 0.702. The number of benzene rings is 1. The average molecular weight is 282 g/mol. The van der Waals surface area contributed by atoms with Crippen LogP contribution < -0.4 is 5.46 Å². The Morgan fingerprint density at radius 1 is 1.42 bits per heavy atom. The summed E-state index contributed by atoms with van der Waals surface area (Å²) in [4.78, 5) is 14.2. The van der Waals surface area contributed by atoms with Gasteiger partial charge in [-0.3, -0.25) is 4.79 Å². The van der Waals surface area contributed by atoms with Gasteiger partial charge in [-0.15, -0.1) is 0 Å². The monoisotopic (exact) mass is 281 g/mol. The van der Waals surface area contributed by atoms with Gasteiger partial charge in [-0.2, -0.15) is 0 Å². The molecule has 1 atom stereocenters. The number of rotatable bonds is 2. The van der Waals surface area contributed by atoms with Gasteiger partial charge in [0.05, 0.1) is 0 Å². The van der Waals surface area contributed by atoms with Crippen LogP contribution in [-0.4, -0.2) is 40.6 Å². The second kappa shape index (κ2) is 5.95. The van der Waals surface area contributed by atoms with Crippen LogP contribution in [0.5, 0.6) is 0 Å². The van der Waals surface area contributed by atoms with E-state index in [-0.39, 0.29) is 22.4 Å². The molecule has 0 bridgehead atoms. The largest absolute Gasteiger partial charge is 0.489 e. The molecule has 19 heavy (non-hydrogen) atoms. The van der Waals surface area contributed by atoms with Gasteiger partial charge in [0.1, 0.15) is 0 Å².